The quantitative estimate of drug-likeness (QED) is 0.456. The number of fused-ring (bicyclic) bond motifs is 1. The van der Waals surface area contributed by atoms with Gasteiger partial charge in [-0.3, -0.25) is 14.7 Å². The molecule has 0 aliphatic carbocycles. The number of halogens is 1. The van der Waals surface area contributed by atoms with Gasteiger partial charge < -0.3 is 19.3 Å². The van der Waals surface area contributed by atoms with Crippen LogP contribution in [0.15, 0.2) is 36.8 Å². The second kappa shape index (κ2) is 11.7. The zero-order chi connectivity index (χ0) is 27.7. The van der Waals surface area contributed by atoms with Crippen molar-refractivity contribution < 1.29 is 19.0 Å². The Bertz CT molecular complexity index is 1320. The Labute approximate surface area is 230 Å². The molecule has 0 spiro atoms. The summed E-state index contributed by atoms with van der Waals surface area (Å²) in [6.07, 6.45) is 9.95. The van der Waals surface area contributed by atoms with Crippen LogP contribution in [0.1, 0.15) is 54.6 Å². The Hall–Kier alpha value is -2.81. The van der Waals surface area contributed by atoms with Crippen LogP contribution in [-0.4, -0.2) is 82.4 Å². The predicted octanol–water partition coefficient (Wildman–Crippen LogP) is 4.61. The zero-order valence-corrected chi connectivity index (χ0v) is 23.6. The lowest BCUT2D eigenvalue weighted by Gasteiger charge is -2.35. The molecule has 2 aromatic heterocycles. The fourth-order valence-corrected chi connectivity index (χ4v) is 6.38. The van der Waals surface area contributed by atoms with Crippen molar-refractivity contribution in [2.45, 2.75) is 58.5 Å². The molecule has 5 rings (SSSR count). The van der Waals surface area contributed by atoms with Crippen molar-refractivity contribution in [2.24, 2.45) is 11.8 Å². The summed E-state index contributed by atoms with van der Waals surface area (Å²) in [6, 6.07) is 4.58. The average molecular weight is 537 g/mol. The topological polar surface area (TPSA) is 70.8 Å². The van der Waals surface area contributed by atoms with Gasteiger partial charge in [0.15, 0.2) is 0 Å². The molecule has 0 radical (unpaired) electrons. The standard InChI is InChI=1S/C31H41FN4O3/c1-20(2)34(4)31(38)26-13-25(32)7-8-27(26)36-17-24(30-21(3)14-33-15-28(30)36)12-22-9-10-35(16-22)29(18-37)23-6-5-11-39-19-23/h7-8,13-15,17,20,22-23,29,37H,5-6,9-12,16,18-19H2,1-4H3/t22-,23?,29+/m0/s1. The van der Waals surface area contributed by atoms with Crippen molar-refractivity contribution in [2.75, 3.05) is 40.0 Å². The van der Waals surface area contributed by atoms with Gasteiger partial charge >= 0.3 is 0 Å². The normalized spacial score (nSPS) is 21.1. The highest BCUT2D eigenvalue weighted by atomic mass is 19.1. The van der Waals surface area contributed by atoms with Crippen LogP contribution >= 0.6 is 0 Å². The van der Waals surface area contributed by atoms with Gasteiger partial charge in [-0.05, 0) is 88.2 Å². The Kier molecular flexibility index (Phi) is 8.35. The van der Waals surface area contributed by atoms with Gasteiger partial charge in [0.1, 0.15) is 5.82 Å². The van der Waals surface area contributed by atoms with E-state index in [1.54, 1.807) is 18.0 Å². The third kappa shape index (κ3) is 5.60. The molecule has 2 aliphatic heterocycles. The van der Waals surface area contributed by atoms with Gasteiger partial charge in [-0.1, -0.05) is 0 Å². The first-order valence-corrected chi connectivity index (χ1v) is 14.2. The number of amides is 1. The van der Waals surface area contributed by atoms with Crippen LogP contribution in [-0.2, 0) is 11.2 Å². The molecule has 1 aromatic carbocycles. The number of carbonyl (C=O) groups is 1. The van der Waals surface area contributed by atoms with Crippen LogP contribution in [0, 0.1) is 24.6 Å². The van der Waals surface area contributed by atoms with E-state index in [1.165, 1.54) is 17.7 Å². The number of aryl methyl sites for hydroxylation is 1. The van der Waals surface area contributed by atoms with Gasteiger partial charge in [-0.2, -0.15) is 0 Å². The first kappa shape index (κ1) is 27.7. The molecule has 1 unspecified atom stereocenters. The first-order chi connectivity index (χ1) is 18.8. The highest BCUT2D eigenvalue weighted by Gasteiger charge is 2.34. The minimum atomic E-state index is -0.432. The van der Waals surface area contributed by atoms with Crippen molar-refractivity contribution in [1.82, 2.24) is 19.4 Å². The van der Waals surface area contributed by atoms with Crippen LogP contribution in [0.4, 0.5) is 4.39 Å². The van der Waals surface area contributed by atoms with Gasteiger partial charge in [0.2, 0.25) is 0 Å². The maximum absolute atomic E-state index is 14.4. The Morgan fingerprint density at radius 1 is 1.28 bits per heavy atom. The molecule has 7 nitrogen and oxygen atoms in total. The van der Waals surface area contributed by atoms with Crippen molar-refractivity contribution in [3.63, 3.8) is 0 Å². The Morgan fingerprint density at radius 2 is 2.10 bits per heavy atom. The molecule has 4 heterocycles. The van der Waals surface area contributed by atoms with E-state index in [0.717, 1.165) is 68.5 Å². The monoisotopic (exact) mass is 536 g/mol. The molecule has 0 bridgehead atoms. The summed E-state index contributed by atoms with van der Waals surface area (Å²) in [5.74, 6) is 0.197. The third-order valence-corrected chi connectivity index (χ3v) is 8.75. The number of ether oxygens (including phenoxy) is 1. The van der Waals surface area contributed by atoms with E-state index in [0.29, 0.717) is 23.1 Å². The fourth-order valence-electron chi connectivity index (χ4n) is 6.38. The smallest absolute Gasteiger partial charge is 0.256 e. The number of benzene rings is 1. The van der Waals surface area contributed by atoms with Crippen LogP contribution in [0.3, 0.4) is 0 Å². The number of hydrogen-bond donors (Lipinski definition) is 1. The second-order valence-corrected chi connectivity index (χ2v) is 11.6. The van der Waals surface area contributed by atoms with Crippen molar-refractivity contribution in [1.29, 1.82) is 0 Å². The van der Waals surface area contributed by atoms with Crippen molar-refractivity contribution in [3.05, 3.63) is 59.3 Å². The summed E-state index contributed by atoms with van der Waals surface area (Å²) < 4.78 is 22.1. The Morgan fingerprint density at radius 3 is 2.82 bits per heavy atom. The molecule has 3 atom stereocenters. The lowest BCUT2D eigenvalue weighted by molar-refractivity contribution is -0.00344. The van der Waals surface area contributed by atoms with Crippen LogP contribution in [0.5, 0.6) is 0 Å². The summed E-state index contributed by atoms with van der Waals surface area (Å²) in [4.78, 5) is 21.9. The number of nitrogens with zero attached hydrogens (tertiary/aromatic N) is 4. The number of hydrogen-bond acceptors (Lipinski definition) is 5. The molecule has 39 heavy (non-hydrogen) atoms. The molecule has 0 saturated carbocycles. The van der Waals surface area contributed by atoms with Gasteiger partial charge in [0, 0.05) is 56.0 Å². The predicted molar refractivity (Wildman–Crippen MR) is 151 cm³/mol. The van der Waals surface area contributed by atoms with Crippen molar-refractivity contribution in [3.8, 4) is 5.69 Å². The van der Waals surface area contributed by atoms with Crippen molar-refractivity contribution >= 4 is 16.8 Å². The molecular formula is C31H41FN4O3. The molecule has 1 amide bonds. The average Bonchev–Trinajstić information content (AvgIpc) is 3.54. The van der Waals surface area contributed by atoms with E-state index in [-0.39, 0.29) is 24.6 Å². The summed E-state index contributed by atoms with van der Waals surface area (Å²) >= 11 is 0. The minimum absolute atomic E-state index is 0.0114. The van der Waals surface area contributed by atoms with E-state index in [1.807, 2.05) is 30.8 Å². The largest absolute Gasteiger partial charge is 0.395 e. The Balaban J connectivity index is 1.46. The zero-order valence-electron chi connectivity index (χ0n) is 23.6. The minimum Gasteiger partial charge on any atom is -0.395 e. The highest BCUT2D eigenvalue weighted by Crippen LogP contribution is 2.34. The van der Waals surface area contributed by atoms with E-state index in [4.69, 9.17) is 4.74 Å². The SMILES string of the molecule is Cc1cncc2c1c(C[C@@H]1CCN([C@H](CO)C3CCCOC3)C1)cn2-c1ccc(F)cc1C(=O)N(C)C(C)C. The lowest BCUT2D eigenvalue weighted by atomic mass is 9.93. The third-order valence-electron chi connectivity index (χ3n) is 8.75. The number of likely N-dealkylation sites (tertiary alicyclic amines) is 1. The molecule has 8 heteroatoms. The molecule has 1 N–H and O–H groups in total. The number of carbonyl (C=O) groups excluding carboxylic acids is 1. The molecule has 2 aliphatic rings. The maximum atomic E-state index is 14.4. The summed E-state index contributed by atoms with van der Waals surface area (Å²) in [6.45, 7) is 9.60. The van der Waals surface area contributed by atoms with E-state index in [9.17, 15) is 14.3 Å². The van der Waals surface area contributed by atoms with Gasteiger partial charge in [0.25, 0.3) is 5.91 Å². The first-order valence-electron chi connectivity index (χ1n) is 14.2. The maximum Gasteiger partial charge on any atom is 0.256 e. The highest BCUT2D eigenvalue weighted by molar-refractivity contribution is 5.99. The van der Waals surface area contributed by atoms with Crippen LogP contribution in [0.2, 0.25) is 0 Å². The molecule has 3 aromatic rings. The number of rotatable bonds is 8. The molecular weight excluding hydrogens is 495 g/mol. The molecule has 2 fully saturated rings. The number of aromatic nitrogens is 2. The van der Waals surface area contributed by atoms with Crippen LogP contribution < -0.4 is 0 Å². The lowest BCUT2D eigenvalue weighted by Crippen LogP contribution is -2.45. The molecule has 210 valence electrons. The molecule has 2 saturated heterocycles. The van der Waals surface area contributed by atoms with E-state index >= 15 is 0 Å². The van der Waals surface area contributed by atoms with Gasteiger partial charge in [-0.15, -0.1) is 0 Å². The number of pyridine rings is 1. The van der Waals surface area contributed by atoms with Crippen LogP contribution in [0.25, 0.3) is 16.6 Å². The number of aliphatic hydroxyl groups is 1. The summed E-state index contributed by atoms with van der Waals surface area (Å²) in [5, 5.41) is 11.4. The second-order valence-electron chi connectivity index (χ2n) is 11.6. The van der Waals surface area contributed by atoms with Gasteiger partial charge in [-0.25, -0.2) is 4.39 Å². The van der Waals surface area contributed by atoms with E-state index in [2.05, 4.69) is 23.0 Å². The fraction of sp³-hybridized carbons (Fsp3) is 0.548. The van der Waals surface area contributed by atoms with E-state index < -0.39 is 5.82 Å². The summed E-state index contributed by atoms with van der Waals surface area (Å²) in [5.41, 5.74) is 4.20. The van der Waals surface area contributed by atoms with Gasteiger partial charge in [0.05, 0.1) is 36.2 Å². The summed E-state index contributed by atoms with van der Waals surface area (Å²) in [7, 11) is 1.75. The number of aliphatic hydroxyl groups excluding tert-OH is 1.